The number of rotatable bonds is 5. The maximum atomic E-state index is 12.2. The first kappa shape index (κ1) is 19.5. The molecule has 2 amide bonds. The molecule has 0 saturated carbocycles. The molecule has 0 radical (unpaired) electrons. The number of benzene rings is 2. The van der Waals surface area contributed by atoms with Gasteiger partial charge in [0.05, 0.1) is 6.54 Å². The molecule has 3 N–H and O–H groups in total. The lowest BCUT2D eigenvalue weighted by Gasteiger charge is -2.18. The molecule has 2 rings (SSSR count). The van der Waals surface area contributed by atoms with Crippen molar-refractivity contribution in [3.63, 3.8) is 0 Å². The molecule has 2 aromatic carbocycles. The zero-order valence-electron chi connectivity index (χ0n) is 16.1. The summed E-state index contributed by atoms with van der Waals surface area (Å²) >= 11 is 0. The molecule has 0 saturated heterocycles. The van der Waals surface area contributed by atoms with Crippen molar-refractivity contribution >= 4 is 28.9 Å². The highest BCUT2D eigenvalue weighted by Gasteiger charge is 2.21. The molecule has 0 aliphatic heterocycles. The van der Waals surface area contributed by atoms with Crippen LogP contribution in [0.15, 0.2) is 42.5 Å². The number of hydrogen-bond donors (Lipinski definition) is 3. The van der Waals surface area contributed by atoms with Gasteiger partial charge in [-0.15, -0.1) is 0 Å². The molecule has 0 spiro atoms. The highest BCUT2D eigenvalue weighted by Crippen LogP contribution is 2.20. The van der Waals surface area contributed by atoms with Crippen molar-refractivity contribution in [2.45, 2.75) is 34.6 Å². The Morgan fingerprint density at radius 1 is 0.923 bits per heavy atom. The minimum Gasteiger partial charge on any atom is -0.376 e. The second kappa shape index (κ2) is 8.04. The summed E-state index contributed by atoms with van der Waals surface area (Å²) in [5, 5.41) is 8.85. The minimum absolute atomic E-state index is 0.0718. The lowest BCUT2D eigenvalue weighted by molar-refractivity contribution is -0.123. The summed E-state index contributed by atoms with van der Waals surface area (Å²) < 4.78 is 0. The van der Waals surface area contributed by atoms with E-state index in [2.05, 4.69) is 22.0 Å². The quantitative estimate of drug-likeness (QED) is 0.749. The van der Waals surface area contributed by atoms with Crippen LogP contribution in [-0.2, 0) is 9.59 Å². The number of carbonyl (C=O) groups is 2. The number of anilines is 3. The highest BCUT2D eigenvalue weighted by molar-refractivity contribution is 5.97. The SMILES string of the molecule is Cc1ccc(NCC(=O)Nc2cccc(NC(=O)C(C)(C)C)c2)c(C)c1. The zero-order chi connectivity index (χ0) is 19.3. The molecule has 0 heterocycles. The van der Waals surface area contributed by atoms with Gasteiger partial charge in [-0.25, -0.2) is 0 Å². The number of hydrogen-bond acceptors (Lipinski definition) is 3. The Morgan fingerprint density at radius 2 is 1.58 bits per heavy atom. The van der Waals surface area contributed by atoms with Gasteiger partial charge < -0.3 is 16.0 Å². The van der Waals surface area contributed by atoms with Crippen molar-refractivity contribution in [1.82, 2.24) is 0 Å². The van der Waals surface area contributed by atoms with Gasteiger partial charge in [-0.2, -0.15) is 0 Å². The second-order valence-electron chi connectivity index (χ2n) is 7.51. The topological polar surface area (TPSA) is 70.2 Å². The van der Waals surface area contributed by atoms with Crippen LogP contribution in [0.4, 0.5) is 17.1 Å². The van der Waals surface area contributed by atoms with Crippen LogP contribution in [0, 0.1) is 19.3 Å². The standard InChI is InChI=1S/C21H27N3O2/c1-14-9-10-18(15(2)11-14)22-13-19(25)23-16-7-6-8-17(12-16)24-20(26)21(3,4)5/h6-12,22H,13H2,1-5H3,(H,23,25)(H,24,26). The summed E-state index contributed by atoms with van der Waals surface area (Å²) in [6, 6.07) is 13.2. The predicted molar refractivity (Wildman–Crippen MR) is 108 cm³/mol. The molecule has 5 nitrogen and oxygen atoms in total. The van der Waals surface area contributed by atoms with Crippen molar-refractivity contribution in [1.29, 1.82) is 0 Å². The Hall–Kier alpha value is -2.82. The van der Waals surface area contributed by atoms with Gasteiger partial charge >= 0.3 is 0 Å². The fraction of sp³-hybridized carbons (Fsp3) is 0.333. The number of aryl methyl sites for hydroxylation is 2. The van der Waals surface area contributed by atoms with E-state index in [0.29, 0.717) is 11.4 Å². The molecule has 0 aromatic heterocycles. The first-order valence-corrected chi connectivity index (χ1v) is 8.67. The summed E-state index contributed by atoms with van der Waals surface area (Å²) in [5.74, 6) is -0.221. The first-order valence-electron chi connectivity index (χ1n) is 8.67. The van der Waals surface area contributed by atoms with Crippen molar-refractivity contribution in [2.75, 3.05) is 22.5 Å². The van der Waals surface area contributed by atoms with Crippen LogP contribution < -0.4 is 16.0 Å². The van der Waals surface area contributed by atoms with E-state index in [1.165, 1.54) is 5.56 Å². The summed E-state index contributed by atoms with van der Waals surface area (Å²) in [5.41, 5.74) is 4.05. The number of carbonyl (C=O) groups excluding carboxylic acids is 2. The van der Waals surface area contributed by atoms with Gasteiger partial charge in [0.2, 0.25) is 11.8 Å². The van der Waals surface area contributed by atoms with Gasteiger partial charge in [-0.1, -0.05) is 44.5 Å². The van der Waals surface area contributed by atoms with Crippen LogP contribution in [0.2, 0.25) is 0 Å². The summed E-state index contributed by atoms with van der Waals surface area (Å²) in [6.45, 7) is 9.78. The fourth-order valence-electron chi connectivity index (χ4n) is 2.39. The first-order chi connectivity index (χ1) is 12.1. The average Bonchev–Trinajstić information content (AvgIpc) is 2.53. The third-order valence-corrected chi connectivity index (χ3v) is 3.91. The van der Waals surface area contributed by atoms with E-state index in [1.807, 2.05) is 46.8 Å². The Balaban J connectivity index is 1.94. The average molecular weight is 353 g/mol. The Labute approximate surface area is 155 Å². The molecule has 0 unspecified atom stereocenters. The highest BCUT2D eigenvalue weighted by atomic mass is 16.2. The molecule has 26 heavy (non-hydrogen) atoms. The summed E-state index contributed by atoms with van der Waals surface area (Å²) in [7, 11) is 0. The smallest absolute Gasteiger partial charge is 0.243 e. The maximum absolute atomic E-state index is 12.2. The van der Waals surface area contributed by atoms with Crippen molar-refractivity contribution < 1.29 is 9.59 Å². The van der Waals surface area contributed by atoms with E-state index < -0.39 is 5.41 Å². The number of nitrogens with one attached hydrogen (secondary N) is 3. The second-order valence-corrected chi connectivity index (χ2v) is 7.51. The van der Waals surface area contributed by atoms with Crippen LogP contribution in [-0.4, -0.2) is 18.4 Å². The molecule has 0 fully saturated rings. The van der Waals surface area contributed by atoms with Crippen LogP contribution >= 0.6 is 0 Å². The van der Waals surface area contributed by atoms with E-state index in [1.54, 1.807) is 24.3 Å². The van der Waals surface area contributed by atoms with Gasteiger partial charge in [0, 0.05) is 22.5 Å². The van der Waals surface area contributed by atoms with Gasteiger partial charge in [0.15, 0.2) is 0 Å². The molecule has 5 heteroatoms. The van der Waals surface area contributed by atoms with Crippen molar-refractivity contribution in [2.24, 2.45) is 5.41 Å². The van der Waals surface area contributed by atoms with E-state index in [0.717, 1.165) is 11.3 Å². The van der Waals surface area contributed by atoms with Crippen LogP contribution in [0.25, 0.3) is 0 Å². The minimum atomic E-state index is -0.477. The predicted octanol–water partition coefficient (Wildman–Crippen LogP) is 4.34. The normalized spacial score (nSPS) is 11.0. The summed E-state index contributed by atoms with van der Waals surface area (Å²) in [6.07, 6.45) is 0. The molecular formula is C21H27N3O2. The largest absolute Gasteiger partial charge is 0.376 e. The Kier molecular flexibility index (Phi) is 6.03. The molecule has 0 aliphatic carbocycles. The van der Waals surface area contributed by atoms with E-state index >= 15 is 0 Å². The van der Waals surface area contributed by atoms with E-state index in [4.69, 9.17) is 0 Å². The molecular weight excluding hydrogens is 326 g/mol. The zero-order valence-corrected chi connectivity index (χ0v) is 16.1. The third-order valence-electron chi connectivity index (χ3n) is 3.91. The monoisotopic (exact) mass is 353 g/mol. The molecule has 0 atom stereocenters. The lowest BCUT2D eigenvalue weighted by Crippen LogP contribution is -2.27. The van der Waals surface area contributed by atoms with Crippen LogP contribution in [0.1, 0.15) is 31.9 Å². The van der Waals surface area contributed by atoms with Crippen molar-refractivity contribution in [3.05, 3.63) is 53.6 Å². The van der Waals surface area contributed by atoms with Crippen LogP contribution in [0.3, 0.4) is 0 Å². The van der Waals surface area contributed by atoms with Gasteiger partial charge in [-0.05, 0) is 43.7 Å². The summed E-state index contributed by atoms with van der Waals surface area (Å²) in [4.78, 5) is 24.3. The van der Waals surface area contributed by atoms with Gasteiger partial charge in [0.1, 0.15) is 0 Å². The molecule has 138 valence electrons. The van der Waals surface area contributed by atoms with E-state index in [9.17, 15) is 9.59 Å². The Morgan fingerprint density at radius 3 is 2.19 bits per heavy atom. The molecule has 0 aliphatic rings. The van der Waals surface area contributed by atoms with Crippen molar-refractivity contribution in [3.8, 4) is 0 Å². The molecule has 0 bridgehead atoms. The lowest BCUT2D eigenvalue weighted by atomic mass is 9.95. The molecule has 2 aromatic rings. The van der Waals surface area contributed by atoms with Gasteiger partial charge in [0.25, 0.3) is 0 Å². The maximum Gasteiger partial charge on any atom is 0.243 e. The number of amides is 2. The Bertz CT molecular complexity index is 807. The van der Waals surface area contributed by atoms with Gasteiger partial charge in [-0.3, -0.25) is 9.59 Å². The van der Waals surface area contributed by atoms with E-state index in [-0.39, 0.29) is 18.4 Å². The fourth-order valence-corrected chi connectivity index (χ4v) is 2.39. The van der Waals surface area contributed by atoms with Crippen LogP contribution in [0.5, 0.6) is 0 Å². The third kappa shape index (κ3) is 5.62.